The van der Waals surface area contributed by atoms with E-state index in [-0.39, 0.29) is 5.82 Å². The van der Waals surface area contributed by atoms with Gasteiger partial charge in [-0.1, -0.05) is 28.1 Å². The smallest absolute Gasteiger partial charge is 0.128 e. The summed E-state index contributed by atoms with van der Waals surface area (Å²) in [6.45, 7) is 0. The summed E-state index contributed by atoms with van der Waals surface area (Å²) in [7, 11) is 0. The molecule has 0 aliphatic carbocycles. The molecular weight excluding hydrogens is 426 g/mol. The van der Waals surface area contributed by atoms with Crippen molar-refractivity contribution in [2.24, 2.45) is 0 Å². The number of fused-ring (bicyclic) bond motifs is 1. The monoisotopic (exact) mass is 432 g/mol. The van der Waals surface area contributed by atoms with Gasteiger partial charge in [0.2, 0.25) is 0 Å². The molecule has 102 valence electrons. The number of hydrogen-bond donors (Lipinski definition) is 0. The Hall–Kier alpha value is -0.420. The molecule has 0 N–H and O–H groups in total. The average Bonchev–Trinajstić information content (AvgIpc) is 2.86. The second kappa shape index (κ2) is 5.76. The van der Waals surface area contributed by atoms with E-state index in [2.05, 4.69) is 31.9 Å². The number of rotatable bonds is 2. The molecule has 1 atom stereocenters. The molecule has 0 spiro atoms. The Labute approximate surface area is 141 Å². The first kappa shape index (κ1) is 14.5. The lowest BCUT2D eigenvalue weighted by Crippen LogP contribution is -1.96. The van der Waals surface area contributed by atoms with Gasteiger partial charge in [0.05, 0.1) is 5.38 Å². The van der Waals surface area contributed by atoms with E-state index < -0.39 is 5.38 Å². The number of halogens is 4. The summed E-state index contributed by atoms with van der Waals surface area (Å²) in [6.07, 6.45) is 0. The maximum Gasteiger partial charge on any atom is 0.128 e. The van der Waals surface area contributed by atoms with E-state index in [0.29, 0.717) is 5.56 Å². The highest BCUT2D eigenvalue weighted by molar-refractivity contribution is 9.11. The van der Waals surface area contributed by atoms with E-state index in [1.165, 1.54) is 6.07 Å². The van der Waals surface area contributed by atoms with Crippen molar-refractivity contribution < 1.29 is 4.39 Å². The average molecular weight is 435 g/mol. The Kier molecular flexibility index (Phi) is 4.18. The normalized spacial score (nSPS) is 12.8. The maximum absolute atomic E-state index is 14.0. The SMILES string of the molecule is Fc1ccc(Br)cc1C(Cl)c1csc2c(Br)cccc12. The standard InChI is InChI=1S/C15H8Br2ClFS/c16-8-4-5-13(19)10(6-8)14(18)11-7-20-15-9(11)2-1-3-12(15)17/h1-7,14H. The van der Waals surface area contributed by atoms with Gasteiger partial charge in [0.15, 0.2) is 0 Å². The summed E-state index contributed by atoms with van der Waals surface area (Å²) >= 11 is 15.0. The first-order chi connectivity index (χ1) is 9.58. The lowest BCUT2D eigenvalue weighted by molar-refractivity contribution is 0.612. The Balaban J connectivity index is 2.15. The molecule has 0 aliphatic heterocycles. The van der Waals surface area contributed by atoms with Gasteiger partial charge in [-0.2, -0.15) is 0 Å². The lowest BCUT2D eigenvalue weighted by atomic mass is 10.0. The third-order valence-corrected chi connectivity index (χ3v) is 6.02. The van der Waals surface area contributed by atoms with Crippen LogP contribution in [0.15, 0.2) is 50.7 Å². The molecule has 0 bridgehead atoms. The zero-order valence-corrected chi connectivity index (χ0v) is 14.8. The van der Waals surface area contributed by atoms with Gasteiger partial charge < -0.3 is 0 Å². The fraction of sp³-hybridized carbons (Fsp3) is 0.0667. The molecule has 2 aromatic carbocycles. The van der Waals surface area contributed by atoms with Gasteiger partial charge in [0.1, 0.15) is 5.82 Å². The molecular formula is C15H8Br2ClFS. The van der Waals surface area contributed by atoms with Crippen LogP contribution in [0.5, 0.6) is 0 Å². The Morgan fingerprint density at radius 2 is 1.90 bits per heavy atom. The van der Waals surface area contributed by atoms with Gasteiger partial charge in [-0.05, 0) is 56.5 Å². The van der Waals surface area contributed by atoms with Crippen molar-refractivity contribution in [3.05, 3.63) is 67.7 Å². The molecule has 0 radical (unpaired) electrons. The molecule has 0 saturated heterocycles. The molecule has 1 unspecified atom stereocenters. The van der Waals surface area contributed by atoms with Crippen molar-refractivity contribution in [2.75, 3.05) is 0 Å². The Morgan fingerprint density at radius 3 is 2.70 bits per heavy atom. The predicted octanol–water partition coefficient (Wildman–Crippen LogP) is 6.89. The quantitative estimate of drug-likeness (QED) is 0.385. The largest absolute Gasteiger partial charge is 0.207 e. The van der Waals surface area contributed by atoms with Crippen molar-refractivity contribution in [3.63, 3.8) is 0 Å². The third-order valence-electron chi connectivity index (χ3n) is 3.09. The maximum atomic E-state index is 14.0. The van der Waals surface area contributed by atoms with Crippen molar-refractivity contribution in [3.8, 4) is 0 Å². The second-order valence-corrected chi connectivity index (χ2v) is 7.42. The van der Waals surface area contributed by atoms with Crippen LogP contribution < -0.4 is 0 Å². The van der Waals surface area contributed by atoms with E-state index in [0.717, 1.165) is 24.6 Å². The fourth-order valence-corrected chi connectivity index (χ4v) is 4.56. The Morgan fingerprint density at radius 1 is 1.10 bits per heavy atom. The molecule has 3 aromatic rings. The molecule has 3 rings (SSSR count). The summed E-state index contributed by atoms with van der Waals surface area (Å²) < 4.78 is 17.0. The van der Waals surface area contributed by atoms with Gasteiger partial charge in [-0.25, -0.2) is 4.39 Å². The molecule has 0 aliphatic rings. The van der Waals surface area contributed by atoms with Crippen LogP contribution >= 0.6 is 54.8 Å². The van der Waals surface area contributed by atoms with E-state index in [1.54, 1.807) is 23.5 Å². The van der Waals surface area contributed by atoms with E-state index in [4.69, 9.17) is 11.6 Å². The summed E-state index contributed by atoms with van der Waals surface area (Å²) in [6, 6.07) is 10.8. The third kappa shape index (κ3) is 2.54. The number of alkyl halides is 1. The van der Waals surface area contributed by atoms with Crippen LogP contribution in [0, 0.1) is 5.82 Å². The topological polar surface area (TPSA) is 0 Å². The fourth-order valence-electron chi connectivity index (χ4n) is 2.11. The number of hydrogen-bond acceptors (Lipinski definition) is 1. The van der Waals surface area contributed by atoms with Crippen LogP contribution in [0.2, 0.25) is 0 Å². The van der Waals surface area contributed by atoms with Crippen molar-refractivity contribution >= 4 is 64.9 Å². The molecule has 0 fully saturated rings. The first-order valence-electron chi connectivity index (χ1n) is 5.82. The molecule has 1 heterocycles. The highest BCUT2D eigenvalue weighted by atomic mass is 79.9. The van der Waals surface area contributed by atoms with Crippen molar-refractivity contribution in [2.45, 2.75) is 5.38 Å². The molecule has 1 aromatic heterocycles. The molecule has 0 amide bonds. The van der Waals surface area contributed by atoms with Crippen LogP contribution in [-0.2, 0) is 0 Å². The summed E-state index contributed by atoms with van der Waals surface area (Å²) in [5.74, 6) is -0.289. The van der Waals surface area contributed by atoms with Crippen LogP contribution in [0.25, 0.3) is 10.1 Å². The second-order valence-electron chi connectivity index (χ2n) is 4.34. The van der Waals surface area contributed by atoms with E-state index >= 15 is 0 Å². The van der Waals surface area contributed by atoms with Crippen LogP contribution in [0.1, 0.15) is 16.5 Å². The number of benzene rings is 2. The van der Waals surface area contributed by atoms with Crippen LogP contribution in [0.4, 0.5) is 4.39 Å². The first-order valence-corrected chi connectivity index (χ1v) is 8.73. The van der Waals surface area contributed by atoms with E-state index in [9.17, 15) is 4.39 Å². The molecule has 20 heavy (non-hydrogen) atoms. The van der Waals surface area contributed by atoms with Crippen molar-refractivity contribution in [1.29, 1.82) is 0 Å². The molecule has 5 heteroatoms. The highest BCUT2D eigenvalue weighted by Crippen LogP contribution is 2.41. The molecule has 0 nitrogen and oxygen atoms in total. The minimum absolute atomic E-state index is 0.289. The van der Waals surface area contributed by atoms with Crippen molar-refractivity contribution in [1.82, 2.24) is 0 Å². The molecule has 0 saturated carbocycles. The van der Waals surface area contributed by atoms with E-state index in [1.807, 2.05) is 23.6 Å². The van der Waals surface area contributed by atoms with Gasteiger partial charge in [-0.15, -0.1) is 22.9 Å². The predicted molar refractivity (Wildman–Crippen MR) is 91.3 cm³/mol. The summed E-state index contributed by atoms with van der Waals surface area (Å²) in [5.41, 5.74) is 1.42. The minimum atomic E-state index is -0.504. The zero-order chi connectivity index (χ0) is 14.3. The van der Waals surface area contributed by atoms with Gasteiger partial charge in [0, 0.05) is 19.2 Å². The summed E-state index contributed by atoms with van der Waals surface area (Å²) in [5, 5.41) is 2.55. The van der Waals surface area contributed by atoms with Crippen LogP contribution in [-0.4, -0.2) is 0 Å². The Bertz CT molecular complexity index is 785. The lowest BCUT2D eigenvalue weighted by Gasteiger charge is -2.11. The van der Waals surface area contributed by atoms with Gasteiger partial charge in [-0.3, -0.25) is 0 Å². The van der Waals surface area contributed by atoms with Gasteiger partial charge in [0.25, 0.3) is 0 Å². The van der Waals surface area contributed by atoms with Crippen LogP contribution in [0.3, 0.4) is 0 Å². The van der Waals surface area contributed by atoms with Gasteiger partial charge >= 0.3 is 0 Å². The zero-order valence-electron chi connectivity index (χ0n) is 10.0. The summed E-state index contributed by atoms with van der Waals surface area (Å²) in [4.78, 5) is 0. The minimum Gasteiger partial charge on any atom is -0.207 e. The highest BCUT2D eigenvalue weighted by Gasteiger charge is 2.19. The number of thiophene rings is 1.